The Morgan fingerprint density at radius 3 is 2.95 bits per heavy atom. The van der Waals surface area contributed by atoms with Gasteiger partial charge in [0.1, 0.15) is 5.75 Å². The minimum absolute atomic E-state index is 0.306. The molecule has 3 rings (SSSR count). The second-order valence-electron chi connectivity index (χ2n) is 5.15. The summed E-state index contributed by atoms with van der Waals surface area (Å²) in [5, 5.41) is 4.21. The zero-order chi connectivity index (χ0) is 14.1. The van der Waals surface area contributed by atoms with E-state index in [9.17, 15) is 0 Å². The van der Waals surface area contributed by atoms with E-state index in [-0.39, 0.29) is 0 Å². The number of hydrogen-bond acceptors (Lipinski definition) is 3. The van der Waals surface area contributed by atoms with Crippen molar-refractivity contribution in [3.63, 3.8) is 0 Å². The number of fused-ring (bicyclic) bond motifs is 1. The molecule has 0 radical (unpaired) electrons. The zero-order valence-corrected chi connectivity index (χ0v) is 13.3. The van der Waals surface area contributed by atoms with Crippen LogP contribution in [0.2, 0.25) is 5.02 Å². The van der Waals surface area contributed by atoms with Gasteiger partial charge in [0.05, 0.1) is 6.61 Å². The first-order chi connectivity index (χ1) is 9.67. The van der Waals surface area contributed by atoms with Crippen molar-refractivity contribution in [2.75, 3.05) is 13.7 Å². The van der Waals surface area contributed by atoms with Gasteiger partial charge in [0.15, 0.2) is 0 Å². The molecule has 2 aromatic rings. The number of halogens is 1. The molecule has 0 amide bonds. The van der Waals surface area contributed by atoms with E-state index in [0.29, 0.717) is 6.04 Å². The summed E-state index contributed by atoms with van der Waals surface area (Å²) < 4.78 is 5.79. The molecule has 20 heavy (non-hydrogen) atoms. The quantitative estimate of drug-likeness (QED) is 0.916. The number of ether oxygens (including phenoxy) is 1. The second-order valence-corrected chi connectivity index (χ2v) is 6.90. The van der Waals surface area contributed by atoms with Crippen molar-refractivity contribution >= 4 is 22.9 Å². The minimum Gasteiger partial charge on any atom is -0.493 e. The maximum Gasteiger partial charge on any atom is 0.125 e. The molecule has 1 atom stereocenters. The van der Waals surface area contributed by atoms with Gasteiger partial charge in [-0.15, -0.1) is 11.3 Å². The van der Waals surface area contributed by atoms with Gasteiger partial charge >= 0.3 is 0 Å². The predicted molar refractivity (Wildman–Crippen MR) is 85.2 cm³/mol. The van der Waals surface area contributed by atoms with E-state index in [4.69, 9.17) is 16.3 Å². The van der Waals surface area contributed by atoms with Gasteiger partial charge in [0.25, 0.3) is 0 Å². The molecule has 1 aromatic heterocycles. The van der Waals surface area contributed by atoms with Crippen molar-refractivity contribution in [2.24, 2.45) is 0 Å². The molecule has 0 aliphatic carbocycles. The summed E-state index contributed by atoms with van der Waals surface area (Å²) in [6.07, 6.45) is 1.87. The number of rotatable bonds is 4. The van der Waals surface area contributed by atoms with Crippen LogP contribution in [-0.2, 0) is 12.8 Å². The van der Waals surface area contributed by atoms with Gasteiger partial charge in [-0.2, -0.15) is 0 Å². The lowest BCUT2D eigenvalue weighted by Crippen LogP contribution is -2.18. The molecule has 1 aromatic carbocycles. The molecule has 0 spiro atoms. The third-order valence-electron chi connectivity index (χ3n) is 3.70. The first kappa shape index (κ1) is 13.9. The number of hydrogen-bond donors (Lipinski definition) is 1. The highest BCUT2D eigenvalue weighted by atomic mass is 35.5. The summed E-state index contributed by atoms with van der Waals surface area (Å²) in [5.74, 6) is 1.04. The summed E-state index contributed by atoms with van der Waals surface area (Å²) in [7, 11) is 2.01. The maximum absolute atomic E-state index is 6.23. The Morgan fingerprint density at radius 1 is 1.40 bits per heavy atom. The van der Waals surface area contributed by atoms with Crippen molar-refractivity contribution in [2.45, 2.75) is 25.8 Å². The number of thiophene rings is 1. The third-order valence-corrected chi connectivity index (χ3v) is 5.04. The molecule has 2 nitrogen and oxygen atoms in total. The van der Waals surface area contributed by atoms with Crippen molar-refractivity contribution in [1.82, 2.24) is 5.32 Å². The fourth-order valence-corrected chi connectivity index (χ4v) is 3.95. The monoisotopic (exact) mass is 307 g/mol. The highest BCUT2D eigenvalue weighted by Gasteiger charge is 2.21. The molecule has 2 heterocycles. The minimum atomic E-state index is 0.306. The lowest BCUT2D eigenvalue weighted by atomic mass is 10.0. The van der Waals surface area contributed by atoms with Crippen molar-refractivity contribution in [3.05, 3.63) is 50.2 Å². The maximum atomic E-state index is 6.23. The summed E-state index contributed by atoms with van der Waals surface area (Å²) in [5.41, 5.74) is 2.44. The molecule has 0 saturated carbocycles. The number of benzene rings is 1. The first-order valence-corrected chi connectivity index (χ1v) is 8.04. The third kappa shape index (κ3) is 2.71. The smallest absolute Gasteiger partial charge is 0.125 e. The van der Waals surface area contributed by atoms with E-state index in [1.54, 1.807) is 0 Å². The van der Waals surface area contributed by atoms with Crippen molar-refractivity contribution in [1.29, 1.82) is 0 Å². The standard InChI is InChI=1S/C16H18ClNOS/c1-10-3-4-15(20-10)14(18-2)9-12-8-13(17)7-11-5-6-19-16(11)12/h3-4,7-8,14,18H,5-6,9H2,1-2H3. The van der Waals surface area contributed by atoms with E-state index in [1.807, 2.05) is 30.5 Å². The lowest BCUT2D eigenvalue weighted by Gasteiger charge is -2.17. The van der Waals surface area contributed by atoms with Gasteiger partial charge in [-0.25, -0.2) is 0 Å². The molecule has 1 N–H and O–H groups in total. The van der Waals surface area contributed by atoms with Crippen LogP contribution in [-0.4, -0.2) is 13.7 Å². The number of nitrogens with one attached hydrogen (secondary N) is 1. The van der Waals surface area contributed by atoms with Gasteiger partial charge < -0.3 is 10.1 Å². The highest BCUT2D eigenvalue weighted by Crippen LogP contribution is 2.36. The molecule has 0 bridgehead atoms. The largest absolute Gasteiger partial charge is 0.493 e. The average molecular weight is 308 g/mol. The Balaban J connectivity index is 1.90. The molecule has 4 heteroatoms. The van der Waals surface area contributed by atoms with Crippen molar-refractivity contribution in [3.8, 4) is 5.75 Å². The zero-order valence-electron chi connectivity index (χ0n) is 11.7. The SMILES string of the molecule is CNC(Cc1cc(Cl)cc2c1OCC2)c1ccc(C)s1. The molecular formula is C16H18ClNOS. The second kappa shape index (κ2) is 5.76. The summed E-state index contributed by atoms with van der Waals surface area (Å²) in [6, 6.07) is 8.74. The molecule has 0 saturated heterocycles. The molecule has 106 valence electrons. The van der Waals surface area contributed by atoms with Crippen molar-refractivity contribution < 1.29 is 4.74 Å². The topological polar surface area (TPSA) is 21.3 Å². The van der Waals surface area contributed by atoms with Gasteiger partial charge in [-0.1, -0.05) is 11.6 Å². The average Bonchev–Trinajstić information content (AvgIpc) is 3.04. The van der Waals surface area contributed by atoms with E-state index < -0.39 is 0 Å². The summed E-state index contributed by atoms with van der Waals surface area (Å²) in [6.45, 7) is 2.91. The van der Waals surface area contributed by atoms with E-state index in [2.05, 4.69) is 24.4 Å². The van der Waals surface area contributed by atoms with Gasteiger partial charge in [-0.3, -0.25) is 0 Å². The Bertz CT molecular complexity index is 623. The van der Waals surface area contributed by atoms with E-state index in [0.717, 1.165) is 30.2 Å². The van der Waals surface area contributed by atoms with Crippen LogP contribution in [0.5, 0.6) is 5.75 Å². The van der Waals surface area contributed by atoms with Crippen LogP contribution in [0.25, 0.3) is 0 Å². The molecule has 1 aliphatic heterocycles. The van der Waals surface area contributed by atoms with Crippen LogP contribution in [0.1, 0.15) is 26.9 Å². The normalized spacial score (nSPS) is 14.9. The van der Waals surface area contributed by atoms with Gasteiger partial charge in [-0.05, 0) is 55.8 Å². The fourth-order valence-electron chi connectivity index (χ4n) is 2.70. The Morgan fingerprint density at radius 2 is 2.25 bits per heavy atom. The summed E-state index contributed by atoms with van der Waals surface area (Å²) in [4.78, 5) is 2.70. The van der Waals surface area contributed by atoms with E-state index in [1.165, 1.54) is 20.9 Å². The fraction of sp³-hybridized carbons (Fsp3) is 0.375. The predicted octanol–water partition coefficient (Wildman–Crippen LogP) is 4.15. The Labute approximate surface area is 128 Å². The lowest BCUT2D eigenvalue weighted by molar-refractivity contribution is 0.352. The van der Waals surface area contributed by atoms with Crippen LogP contribution in [0, 0.1) is 6.92 Å². The van der Waals surface area contributed by atoms with Gasteiger partial charge in [0, 0.05) is 27.2 Å². The van der Waals surface area contributed by atoms with Crippen LogP contribution in [0.15, 0.2) is 24.3 Å². The molecule has 0 fully saturated rings. The molecule has 1 aliphatic rings. The number of aryl methyl sites for hydroxylation is 1. The highest BCUT2D eigenvalue weighted by molar-refractivity contribution is 7.12. The first-order valence-electron chi connectivity index (χ1n) is 6.85. The van der Waals surface area contributed by atoms with E-state index >= 15 is 0 Å². The number of likely N-dealkylation sites (N-methyl/N-ethyl adjacent to an activating group) is 1. The Hall–Kier alpha value is -1.03. The molecule has 1 unspecified atom stereocenters. The van der Waals surface area contributed by atoms with Crippen LogP contribution in [0.3, 0.4) is 0 Å². The van der Waals surface area contributed by atoms with Crippen LogP contribution in [0.4, 0.5) is 0 Å². The molecular weight excluding hydrogens is 290 g/mol. The Kier molecular flexibility index (Phi) is 4.01. The van der Waals surface area contributed by atoms with Crippen LogP contribution < -0.4 is 10.1 Å². The summed E-state index contributed by atoms with van der Waals surface area (Å²) >= 11 is 8.07. The van der Waals surface area contributed by atoms with Crippen LogP contribution >= 0.6 is 22.9 Å². The van der Waals surface area contributed by atoms with Gasteiger partial charge in [0.2, 0.25) is 0 Å².